The van der Waals surface area contributed by atoms with Gasteiger partial charge in [-0.25, -0.2) is 0 Å². The molecule has 2 heteroatoms. The number of nitrogens with zero attached hydrogens (tertiary/aromatic N) is 1. The SMILES string of the molecule is Cc1ccc(C(O)(CN=Cc2ccccc2)c2ccc(C)cc2)cc1. The van der Waals surface area contributed by atoms with Crippen molar-refractivity contribution in [2.75, 3.05) is 6.54 Å². The summed E-state index contributed by atoms with van der Waals surface area (Å²) in [4.78, 5) is 4.54. The van der Waals surface area contributed by atoms with Gasteiger partial charge in [-0.05, 0) is 30.5 Å². The van der Waals surface area contributed by atoms with E-state index in [-0.39, 0.29) is 6.54 Å². The van der Waals surface area contributed by atoms with Gasteiger partial charge in [0.25, 0.3) is 0 Å². The Kier molecular flexibility index (Phi) is 5.11. The van der Waals surface area contributed by atoms with Gasteiger partial charge in [-0.15, -0.1) is 0 Å². The van der Waals surface area contributed by atoms with Gasteiger partial charge in [0.1, 0.15) is 5.60 Å². The first-order valence-corrected chi connectivity index (χ1v) is 8.49. The number of benzene rings is 3. The molecule has 0 aromatic heterocycles. The molecule has 126 valence electrons. The molecule has 1 N–H and O–H groups in total. The molecule has 0 saturated heterocycles. The standard InChI is InChI=1S/C23H23NO/c1-18-8-12-21(13-9-18)23(25,22-14-10-19(2)11-15-22)17-24-16-20-6-4-3-5-7-20/h3-16,25H,17H2,1-2H3. The van der Waals surface area contributed by atoms with Gasteiger partial charge in [-0.2, -0.15) is 0 Å². The van der Waals surface area contributed by atoms with E-state index in [1.54, 1.807) is 0 Å². The lowest BCUT2D eigenvalue weighted by Gasteiger charge is -2.28. The van der Waals surface area contributed by atoms with Crippen molar-refractivity contribution in [2.24, 2.45) is 4.99 Å². The van der Waals surface area contributed by atoms with Crippen molar-refractivity contribution in [1.82, 2.24) is 0 Å². The van der Waals surface area contributed by atoms with E-state index in [4.69, 9.17) is 0 Å². The van der Waals surface area contributed by atoms with Crippen LogP contribution >= 0.6 is 0 Å². The number of rotatable bonds is 5. The number of aliphatic imine (C=N–C) groups is 1. The maximum atomic E-state index is 11.5. The van der Waals surface area contributed by atoms with E-state index in [2.05, 4.69) is 4.99 Å². The smallest absolute Gasteiger partial charge is 0.134 e. The summed E-state index contributed by atoms with van der Waals surface area (Å²) in [6.45, 7) is 4.36. The highest BCUT2D eigenvalue weighted by Crippen LogP contribution is 2.30. The van der Waals surface area contributed by atoms with E-state index < -0.39 is 5.60 Å². The molecule has 0 aliphatic rings. The van der Waals surface area contributed by atoms with Gasteiger partial charge in [0, 0.05) is 6.21 Å². The lowest BCUT2D eigenvalue weighted by molar-refractivity contribution is 0.0909. The van der Waals surface area contributed by atoms with Crippen LogP contribution in [0.25, 0.3) is 0 Å². The minimum atomic E-state index is -1.15. The van der Waals surface area contributed by atoms with Crippen molar-refractivity contribution in [3.63, 3.8) is 0 Å². The fraction of sp³-hybridized carbons (Fsp3) is 0.174. The van der Waals surface area contributed by atoms with Gasteiger partial charge < -0.3 is 5.11 Å². The first-order valence-electron chi connectivity index (χ1n) is 8.49. The summed E-state index contributed by atoms with van der Waals surface area (Å²) in [7, 11) is 0. The molecule has 3 rings (SSSR count). The third kappa shape index (κ3) is 4.04. The second kappa shape index (κ2) is 7.45. The number of aliphatic hydroxyl groups is 1. The Labute approximate surface area is 149 Å². The van der Waals surface area contributed by atoms with Crippen LogP contribution in [-0.4, -0.2) is 17.9 Å². The molecule has 2 nitrogen and oxygen atoms in total. The van der Waals surface area contributed by atoms with Gasteiger partial charge in [0.2, 0.25) is 0 Å². The predicted octanol–water partition coefficient (Wildman–Crippen LogP) is 4.66. The largest absolute Gasteiger partial charge is 0.378 e. The Morgan fingerprint density at radius 3 is 1.72 bits per heavy atom. The van der Waals surface area contributed by atoms with Crippen molar-refractivity contribution in [3.8, 4) is 0 Å². The van der Waals surface area contributed by atoms with Gasteiger partial charge >= 0.3 is 0 Å². The van der Waals surface area contributed by atoms with Gasteiger partial charge in [-0.3, -0.25) is 4.99 Å². The van der Waals surface area contributed by atoms with Gasteiger partial charge in [-0.1, -0.05) is 90.0 Å². The van der Waals surface area contributed by atoms with Crippen molar-refractivity contribution < 1.29 is 5.11 Å². The summed E-state index contributed by atoms with van der Waals surface area (Å²) in [5, 5.41) is 11.5. The molecule has 25 heavy (non-hydrogen) atoms. The first kappa shape index (κ1) is 17.1. The number of hydrogen-bond acceptors (Lipinski definition) is 2. The van der Waals surface area contributed by atoms with E-state index in [9.17, 15) is 5.11 Å². The summed E-state index contributed by atoms with van der Waals surface area (Å²) in [6.07, 6.45) is 1.81. The van der Waals surface area contributed by atoms with Crippen LogP contribution in [0.15, 0.2) is 83.9 Å². The minimum absolute atomic E-state index is 0.272. The molecule has 3 aromatic rings. The highest BCUT2D eigenvalue weighted by atomic mass is 16.3. The van der Waals surface area contributed by atoms with Crippen molar-refractivity contribution in [3.05, 3.63) is 107 Å². The topological polar surface area (TPSA) is 32.6 Å². The van der Waals surface area contributed by atoms with Crippen molar-refractivity contribution in [2.45, 2.75) is 19.4 Å². The fourth-order valence-corrected chi connectivity index (χ4v) is 2.83. The second-order valence-corrected chi connectivity index (χ2v) is 6.47. The third-order valence-electron chi connectivity index (χ3n) is 4.42. The molecule has 0 aliphatic carbocycles. The summed E-state index contributed by atoms with van der Waals surface area (Å²) in [6, 6.07) is 25.9. The summed E-state index contributed by atoms with van der Waals surface area (Å²) in [5.74, 6) is 0. The highest BCUT2D eigenvalue weighted by Gasteiger charge is 2.31. The maximum Gasteiger partial charge on any atom is 0.134 e. The molecule has 0 atom stereocenters. The van der Waals surface area contributed by atoms with Crippen LogP contribution in [0.2, 0.25) is 0 Å². The molecular formula is C23H23NO. The molecule has 0 bridgehead atoms. The normalized spacial score (nSPS) is 11.8. The lowest BCUT2D eigenvalue weighted by Crippen LogP contribution is -2.31. The minimum Gasteiger partial charge on any atom is -0.378 e. The molecule has 0 unspecified atom stereocenters. The van der Waals surface area contributed by atoms with E-state index in [1.807, 2.05) is 98.9 Å². The third-order valence-corrected chi connectivity index (χ3v) is 4.42. The Bertz CT molecular complexity index is 788. The number of hydrogen-bond donors (Lipinski definition) is 1. The fourth-order valence-electron chi connectivity index (χ4n) is 2.83. The van der Waals surface area contributed by atoms with E-state index in [1.165, 1.54) is 11.1 Å². The summed E-state index contributed by atoms with van der Waals surface area (Å²) >= 11 is 0. The Balaban J connectivity index is 1.95. The summed E-state index contributed by atoms with van der Waals surface area (Å²) < 4.78 is 0. The average Bonchev–Trinajstić information content (AvgIpc) is 2.63. The predicted molar refractivity (Wildman–Crippen MR) is 104 cm³/mol. The maximum absolute atomic E-state index is 11.5. The lowest BCUT2D eigenvalue weighted by atomic mass is 9.85. The molecular weight excluding hydrogens is 306 g/mol. The van der Waals surface area contributed by atoms with Crippen molar-refractivity contribution >= 4 is 6.21 Å². The second-order valence-electron chi connectivity index (χ2n) is 6.47. The molecule has 0 fully saturated rings. The zero-order chi connectivity index (χ0) is 17.7. The molecule has 0 spiro atoms. The van der Waals surface area contributed by atoms with Crippen LogP contribution in [0.1, 0.15) is 27.8 Å². The average molecular weight is 329 g/mol. The van der Waals surface area contributed by atoms with Crippen LogP contribution in [0.3, 0.4) is 0 Å². The van der Waals surface area contributed by atoms with E-state index in [0.29, 0.717) is 0 Å². The van der Waals surface area contributed by atoms with Crippen LogP contribution < -0.4 is 0 Å². The highest BCUT2D eigenvalue weighted by molar-refractivity contribution is 5.79. The molecule has 0 saturated carbocycles. The van der Waals surface area contributed by atoms with E-state index >= 15 is 0 Å². The van der Waals surface area contributed by atoms with Crippen LogP contribution in [0.4, 0.5) is 0 Å². The monoisotopic (exact) mass is 329 g/mol. The Morgan fingerprint density at radius 1 is 0.760 bits per heavy atom. The summed E-state index contributed by atoms with van der Waals surface area (Å²) in [5.41, 5.74) is 3.93. The first-order chi connectivity index (χ1) is 12.1. The van der Waals surface area contributed by atoms with Gasteiger partial charge in [0.15, 0.2) is 0 Å². The van der Waals surface area contributed by atoms with Crippen LogP contribution in [0, 0.1) is 13.8 Å². The van der Waals surface area contributed by atoms with Crippen LogP contribution in [-0.2, 0) is 5.60 Å². The van der Waals surface area contributed by atoms with Gasteiger partial charge in [0.05, 0.1) is 6.54 Å². The quantitative estimate of drug-likeness (QED) is 0.679. The molecule has 3 aromatic carbocycles. The Hall–Kier alpha value is -2.71. The zero-order valence-electron chi connectivity index (χ0n) is 14.7. The molecule has 0 amide bonds. The Morgan fingerprint density at radius 2 is 1.24 bits per heavy atom. The van der Waals surface area contributed by atoms with E-state index in [0.717, 1.165) is 16.7 Å². The molecule has 0 aliphatic heterocycles. The molecule has 0 heterocycles. The van der Waals surface area contributed by atoms with Crippen molar-refractivity contribution in [1.29, 1.82) is 0 Å². The molecule has 0 radical (unpaired) electrons. The zero-order valence-corrected chi connectivity index (χ0v) is 14.7. The van der Waals surface area contributed by atoms with Crippen LogP contribution in [0.5, 0.6) is 0 Å². The number of aryl methyl sites for hydroxylation is 2.